The van der Waals surface area contributed by atoms with Crippen LogP contribution in [0.4, 0.5) is 13.2 Å². The Morgan fingerprint density at radius 2 is 0.848 bits per heavy atom. The van der Waals surface area contributed by atoms with Gasteiger partial charge in [0, 0.05) is 0 Å². The summed E-state index contributed by atoms with van der Waals surface area (Å²) in [6.45, 7) is 5.24. The Balaban J connectivity index is 5.30. The Morgan fingerprint density at radius 1 is 0.576 bits per heavy atom. The van der Waals surface area contributed by atoms with Crippen LogP contribution < -0.4 is 0 Å². The van der Waals surface area contributed by atoms with Crippen molar-refractivity contribution in [1.82, 2.24) is 0 Å². The summed E-state index contributed by atoms with van der Waals surface area (Å²) in [5.41, 5.74) is 0. The molecule has 0 heterocycles. The summed E-state index contributed by atoms with van der Waals surface area (Å²) in [6, 6.07) is 0. The monoisotopic (exact) mass is 498 g/mol. The molecule has 200 valence electrons. The van der Waals surface area contributed by atoms with Gasteiger partial charge in [-0.05, 0) is 0 Å². The third-order valence-corrected chi connectivity index (χ3v) is 12.5. The molecular weight excluding hydrogens is 444 g/mol. The van der Waals surface area contributed by atoms with E-state index in [4.69, 9.17) is 4.52 Å². The molecular formula is C27H54F3O2P. The zero-order valence-corrected chi connectivity index (χ0v) is 23.1. The Hall–Kier alpha value is -0.310. The van der Waals surface area contributed by atoms with Gasteiger partial charge in [-0.15, -0.1) is 0 Å². The molecule has 0 rings (SSSR count). The molecule has 0 fully saturated rings. The van der Waals surface area contributed by atoms with Crippen molar-refractivity contribution in [1.29, 1.82) is 0 Å². The molecule has 0 aliphatic rings. The van der Waals surface area contributed by atoms with Crippen LogP contribution in [0.3, 0.4) is 0 Å². The molecule has 2 nitrogen and oxygen atoms in total. The topological polar surface area (TPSA) is 26.3 Å². The average Bonchev–Trinajstić information content (AvgIpc) is 2.75. The molecule has 6 heteroatoms. The molecule has 0 saturated carbocycles. The van der Waals surface area contributed by atoms with Gasteiger partial charge in [0.25, 0.3) is 0 Å². The Morgan fingerprint density at radius 3 is 1.12 bits per heavy atom. The fourth-order valence-corrected chi connectivity index (χ4v) is 9.71. The van der Waals surface area contributed by atoms with E-state index < -0.39 is 19.0 Å². The van der Waals surface area contributed by atoms with Crippen molar-refractivity contribution in [2.75, 3.05) is 25.2 Å². The molecule has 0 bridgehead atoms. The molecule has 0 aliphatic heterocycles. The van der Waals surface area contributed by atoms with Gasteiger partial charge in [0.1, 0.15) is 0 Å². The van der Waals surface area contributed by atoms with E-state index in [0.717, 1.165) is 57.8 Å². The molecule has 0 N–H and O–H groups in total. The first-order valence-electron chi connectivity index (χ1n) is 13.9. The first-order valence-corrected chi connectivity index (χ1v) is 17.1. The van der Waals surface area contributed by atoms with Crippen molar-refractivity contribution in [3.05, 3.63) is 0 Å². The van der Waals surface area contributed by atoms with Gasteiger partial charge in [-0.25, -0.2) is 0 Å². The number of hydrogen-bond donors (Lipinski definition) is 0. The van der Waals surface area contributed by atoms with Crippen LogP contribution in [0.1, 0.15) is 136 Å². The fraction of sp³-hybridized carbons (Fsp3) is 0.963. The molecule has 0 aliphatic carbocycles. The molecule has 0 aromatic carbocycles. The first kappa shape index (κ1) is 32.7. The number of rotatable bonds is 22. The Labute approximate surface area is 203 Å². The van der Waals surface area contributed by atoms with Gasteiger partial charge >= 0.3 is 203 Å². The van der Waals surface area contributed by atoms with Crippen LogP contribution in [0.25, 0.3) is 0 Å². The summed E-state index contributed by atoms with van der Waals surface area (Å²) in [5, 5.41) is 0. The van der Waals surface area contributed by atoms with Crippen molar-refractivity contribution in [2.45, 2.75) is 143 Å². The van der Waals surface area contributed by atoms with Crippen LogP contribution in [0.2, 0.25) is 0 Å². The van der Waals surface area contributed by atoms with Crippen LogP contribution in [0.5, 0.6) is 0 Å². The third kappa shape index (κ3) is 16.1. The minimum atomic E-state index is -4.91. The minimum absolute atomic E-state index is 0.656. The molecule has 0 radical (unpaired) electrons. The second-order valence-corrected chi connectivity index (χ2v) is 16.4. The van der Waals surface area contributed by atoms with E-state index >= 15 is 0 Å². The second kappa shape index (κ2) is 18.0. The van der Waals surface area contributed by atoms with Gasteiger partial charge in [0.15, 0.2) is 0 Å². The maximum absolute atomic E-state index is 13.3. The van der Waals surface area contributed by atoms with Gasteiger partial charge in [0.05, 0.1) is 0 Å². The summed E-state index contributed by atoms with van der Waals surface area (Å²) in [4.78, 5) is 12.1. The summed E-state index contributed by atoms with van der Waals surface area (Å²) in [6.07, 6.45) is 16.7. The summed E-state index contributed by atoms with van der Waals surface area (Å²) in [5.74, 6) is -1.95. The SMILES string of the molecule is CCCCCCCCP(C)(CCCCCCCC)(CCCCCCCC)OC(=O)C(F)(F)F. The van der Waals surface area contributed by atoms with E-state index in [0.29, 0.717) is 18.5 Å². The van der Waals surface area contributed by atoms with Crippen molar-refractivity contribution < 1.29 is 22.5 Å². The summed E-state index contributed by atoms with van der Waals surface area (Å²) >= 11 is 0. The Kier molecular flexibility index (Phi) is 17.9. The summed E-state index contributed by atoms with van der Waals surface area (Å²) in [7, 11) is 0. The standard InChI is InChI=1S/C27H54F3O2P/c1-5-8-11-14-17-20-23-33(4,32-26(31)27(28,29)30,24-21-18-15-12-9-6-2)25-22-19-16-13-10-7-3/h5-25H2,1-4H3. The molecule has 33 heavy (non-hydrogen) atoms. The molecule has 0 aromatic heterocycles. The van der Waals surface area contributed by atoms with Gasteiger partial charge in [-0.3, -0.25) is 0 Å². The molecule has 0 atom stereocenters. The van der Waals surface area contributed by atoms with Crippen molar-refractivity contribution in [2.24, 2.45) is 0 Å². The second-order valence-electron chi connectivity index (χ2n) is 10.5. The molecule has 0 amide bonds. The van der Waals surface area contributed by atoms with Crippen molar-refractivity contribution >= 4 is 12.8 Å². The van der Waals surface area contributed by atoms with Gasteiger partial charge in [-0.2, -0.15) is 0 Å². The van der Waals surface area contributed by atoms with E-state index in [1.54, 1.807) is 0 Å². The van der Waals surface area contributed by atoms with Crippen LogP contribution in [-0.2, 0) is 9.32 Å². The van der Waals surface area contributed by atoms with Gasteiger partial charge in [0.2, 0.25) is 0 Å². The van der Waals surface area contributed by atoms with E-state index in [9.17, 15) is 18.0 Å². The number of halogens is 3. The maximum atomic E-state index is 13.3. The van der Waals surface area contributed by atoms with E-state index in [1.807, 2.05) is 6.66 Å². The van der Waals surface area contributed by atoms with Gasteiger partial charge in [-0.1, -0.05) is 0 Å². The molecule has 0 aromatic rings. The van der Waals surface area contributed by atoms with E-state index in [2.05, 4.69) is 20.8 Å². The molecule has 0 saturated heterocycles. The fourth-order valence-electron chi connectivity index (χ4n) is 4.80. The number of hydrogen-bond acceptors (Lipinski definition) is 2. The normalized spacial score (nSPS) is 13.6. The van der Waals surface area contributed by atoms with Crippen LogP contribution in [-0.4, -0.2) is 37.3 Å². The average molecular weight is 499 g/mol. The predicted molar refractivity (Wildman–Crippen MR) is 140 cm³/mol. The number of unbranched alkanes of at least 4 members (excludes halogenated alkanes) is 15. The first-order chi connectivity index (χ1) is 15.6. The zero-order chi connectivity index (χ0) is 25.1. The van der Waals surface area contributed by atoms with E-state index in [-0.39, 0.29) is 0 Å². The number of carbonyl (C=O) groups is 1. The van der Waals surface area contributed by atoms with E-state index in [1.165, 1.54) is 57.8 Å². The number of carbonyl (C=O) groups excluding carboxylic acids is 1. The quantitative estimate of drug-likeness (QED) is 0.110. The van der Waals surface area contributed by atoms with Crippen LogP contribution in [0, 0.1) is 0 Å². The number of alkyl halides is 3. The van der Waals surface area contributed by atoms with Crippen molar-refractivity contribution in [3.63, 3.8) is 0 Å². The summed E-state index contributed by atoms with van der Waals surface area (Å²) < 4.78 is 45.5. The van der Waals surface area contributed by atoms with Crippen LogP contribution >= 0.6 is 6.83 Å². The third-order valence-electron chi connectivity index (χ3n) is 7.03. The molecule has 0 spiro atoms. The molecule has 0 unspecified atom stereocenters. The van der Waals surface area contributed by atoms with Gasteiger partial charge < -0.3 is 0 Å². The van der Waals surface area contributed by atoms with Crippen molar-refractivity contribution in [3.8, 4) is 0 Å². The zero-order valence-electron chi connectivity index (χ0n) is 22.2. The Bertz CT molecular complexity index is 451. The van der Waals surface area contributed by atoms with Crippen LogP contribution in [0.15, 0.2) is 0 Å². The predicted octanol–water partition coefficient (Wildman–Crippen LogP) is 10.3.